The van der Waals surface area contributed by atoms with E-state index in [0.717, 1.165) is 5.69 Å². The molecule has 0 spiro atoms. The highest BCUT2D eigenvalue weighted by molar-refractivity contribution is 7.99. The fourth-order valence-electron chi connectivity index (χ4n) is 0.854. The summed E-state index contributed by atoms with van der Waals surface area (Å²) in [6.07, 6.45) is 0. The van der Waals surface area contributed by atoms with Crippen LogP contribution in [0.2, 0.25) is 0 Å². The molecule has 0 saturated heterocycles. The van der Waals surface area contributed by atoms with Crippen molar-refractivity contribution in [3.05, 3.63) is 11.8 Å². The van der Waals surface area contributed by atoms with Gasteiger partial charge in [0.1, 0.15) is 0 Å². The van der Waals surface area contributed by atoms with Crippen LogP contribution in [0.4, 0.5) is 0 Å². The normalized spacial score (nSPS) is 9.80. The van der Waals surface area contributed by atoms with Gasteiger partial charge in [-0.3, -0.25) is 10.2 Å². The van der Waals surface area contributed by atoms with Crippen LogP contribution in [0.1, 0.15) is 5.69 Å². The molecule has 0 unspecified atom stereocenters. The summed E-state index contributed by atoms with van der Waals surface area (Å²) in [6, 6.07) is 1.72. The Morgan fingerprint density at radius 2 is 2.40 bits per heavy atom. The number of hydrazine groups is 1. The molecular weight excluding hydrogens is 216 g/mol. The molecule has 0 saturated carbocycles. The Morgan fingerprint density at radius 1 is 1.67 bits per heavy atom. The number of carbonyl (C=O) groups excluding carboxylic acids is 1. The number of hydrogen-bond acceptors (Lipinski definition) is 6. The second-order valence-corrected chi connectivity index (χ2v) is 3.63. The predicted octanol–water partition coefficient (Wildman–Crippen LogP) is -0.124. The number of carbonyl (C=O) groups is 1. The van der Waals surface area contributed by atoms with Crippen molar-refractivity contribution in [2.24, 2.45) is 5.84 Å². The summed E-state index contributed by atoms with van der Waals surface area (Å²) in [6.45, 7) is 1.83. The second-order valence-electron chi connectivity index (χ2n) is 2.69. The third-order valence-corrected chi connectivity index (χ3v) is 2.36. The van der Waals surface area contributed by atoms with Crippen LogP contribution in [0.15, 0.2) is 11.2 Å². The van der Waals surface area contributed by atoms with Crippen molar-refractivity contribution in [2.45, 2.75) is 12.1 Å². The Bertz CT molecular complexity index is 358. The summed E-state index contributed by atoms with van der Waals surface area (Å²) in [5, 5.41) is 0.496. The van der Waals surface area contributed by atoms with E-state index in [9.17, 15) is 4.79 Å². The maximum Gasteiger partial charge on any atom is 0.244 e. The van der Waals surface area contributed by atoms with E-state index in [4.69, 9.17) is 10.6 Å². The molecule has 1 aromatic heterocycles. The van der Waals surface area contributed by atoms with Crippen molar-refractivity contribution in [2.75, 3.05) is 12.9 Å². The monoisotopic (exact) mass is 228 g/mol. The molecule has 0 fully saturated rings. The number of aryl methyl sites for hydroxylation is 1. The number of nitrogens with one attached hydrogen (secondary N) is 1. The Labute approximate surface area is 91.6 Å². The van der Waals surface area contributed by atoms with Gasteiger partial charge < -0.3 is 4.74 Å². The molecule has 3 N–H and O–H groups in total. The third kappa shape index (κ3) is 3.72. The van der Waals surface area contributed by atoms with E-state index in [1.54, 1.807) is 6.07 Å². The lowest BCUT2D eigenvalue weighted by Crippen LogP contribution is -2.31. The molecule has 0 aromatic carbocycles. The first-order valence-corrected chi connectivity index (χ1v) is 5.16. The lowest BCUT2D eigenvalue weighted by molar-refractivity contribution is -0.118. The van der Waals surface area contributed by atoms with Gasteiger partial charge in [-0.2, -0.15) is 4.98 Å². The van der Waals surface area contributed by atoms with Crippen LogP contribution in [0, 0.1) is 6.92 Å². The lowest BCUT2D eigenvalue weighted by atomic mass is 10.4. The molecular formula is C8H12N4O2S. The van der Waals surface area contributed by atoms with Gasteiger partial charge in [0, 0.05) is 11.8 Å². The predicted molar refractivity (Wildman–Crippen MR) is 56.4 cm³/mol. The lowest BCUT2D eigenvalue weighted by Gasteiger charge is -2.03. The first kappa shape index (κ1) is 11.7. The van der Waals surface area contributed by atoms with Gasteiger partial charge in [-0.25, -0.2) is 10.8 Å². The summed E-state index contributed by atoms with van der Waals surface area (Å²) in [7, 11) is 1.53. The number of thioether (sulfide) groups is 1. The molecule has 15 heavy (non-hydrogen) atoms. The SMILES string of the molecule is COc1cc(C)nc(SCC(=O)NN)n1. The summed E-state index contributed by atoms with van der Waals surface area (Å²) in [5.41, 5.74) is 2.82. The van der Waals surface area contributed by atoms with E-state index in [0.29, 0.717) is 11.0 Å². The van der Waals surface area contributed by atoms with Gasteiger partial charge in [0.25, 0.3) is 0 Å². The van der Waals surface area contributed by atoms with Gasteiger partial charge >= 0.3 is 0 Å². The number of ether oxygens (including phenoxy) is 1. The maximum absolute atomic E-state index is 10.9. The third-order valence-electron chi connectivity index (χ3n) is 1.51. The zero-order valence-corrected chi connectivity index (χ0v) is 9.30. The number of hydrogen-bond donors (Lipinski definition) is 2. The summed E-state index contributed by atoms with van der Waals surface area (Å²) < 4.78 is 4.98. The highest BCUT2D eigenvalue weighted by Gasteiger charge is 2.05. The van der Waals surface area contributed by atoms with E-state index < -0.39 is 0 Å². The van der Waals surface area contributed by atoms with Gasteiger partial charge in [-0.1, -0.05) is 11.8 Å². The summed E-state index contributed by atoms with van der Waals surface area (Å²) in [4.78, 5) is 19.1. The summed E-state index contributed by atoms with van der Waals surface area (Å²) in [5.74, 6) is 5.34. The van der Waals surface area contributed by atoms with Gasteiger partial charge in [-0.15, -0.1) is 0 Å². The largest absolute Gasteiger partial charge is 0.481 e. The number of amides is 1. The van der Waals surface area contributed by atoms with Crippen molar-refractivity contribution >= 4 is 17.7 Å². The minimum absolute atomic E-state index is 0.184. The maximum atomic E-state index is 10.9. The van der Waals surface area contributed by atoms with Gasteiger partial charge in [-0.05, 0) is 6.92 Å². The average Bonchev–Trinajstić information content (AvgIpc) is 2.25. The number of aromatic nitrogens is 2. The van der Waals surface area contributed by atoms with Crippen molar-refractivity contribution in [1.82, 2.24) is 15.4 Å². The van der Waals surface area contributed by atoms with Crippen molar-refractivity contribution in [3.8, 4) is 5.88 Å². The number of nitrogens with two attached hydrogens (primary N) is 1. The molecule has 1 rings (SSSR count). The molecule has 1 amide bonds. The quantitative estimate of drug-likeness (QED) is 0.245. The number of rotatable bonds is 4. The van der Waals surface area contributed by atoms with Crippen LogP contribution in [-0.4, -0.2) is 28.7 Å². The highest BCUT2D eigenvalue weighted by atomic mass is 32.2. The van der Waals surface area contributed by atoms with E-state index in [1.807, 2.05) is 12.3 Å². The number of nitrogens with zero attached hydrogens (tertiary/aromatic N) is 2. The zero-order chi connectivity index (χ0) is 11.3. The first-order valence-electron chi connectivity index (χ1n) is 4.17. The zero-order valence-electron chi connectivity index (χ0n) is 8.48. The molecule has 0 atom stereocenters. The Kier molecular flexibility index (Phi) is 4.32. The standard InChI is InChI=1S/C8H12N4O2S/c1-5-3-7(14-2)11-8(10-5)15-4-6(13)12-9/h3H,4,9H2,1-2H3,(H,12,13). The van der Waals surface area contributed by atoms with Gasteiger partial charge in [0.15, 0.2) is 5.16 Å². The molecule has 0 aliphatic rings. The van der Waals surface area contributed by atoms with Crippen LogP contribution in [0.25, 0.3) is 0 Å². The molecule has 7 heteroatoms. The molecule has 6 nitrogen and oxygen atoms in total. The molecule has 0 aliphatic heterocycles. The highest BCUT2D eigenvalue weighted by Crippen LogP contribution is 2.16. The van der Waals surface area contributed by atoms with Gasteiger partial charge in [0.05, 0.1) is 12.9 Å². The average molecular weight is 228 g/mol. The van der Waals surface area contributed by atoms with Crippen LogP contribution >= 0.6 is 11.8 Å². The van der Waals surface area contributed by atoms with E-state index in [1.165, 1.54) is 18.9 Å². The molecule has 1 aromatic rings. The Balaban J connectivity index is 2.68. The van der Waals surface area contributed by atoms with Crippen LogP contribution in [-0.2, 0) is 4.79 Å². The smallest absolute Gasteiger partial charge is 0.244 e. The topological polar surface area (TPSA) is 90.1 Å². The van der Waals surface area contributed by atoms with Crippen LogP contribution < -0.4 is 16.0 Å². The minimum atomic E-state index is -0.274. The van der Waals surface area contributed by atoms with Crippen LogP contribution in [0.5, 0.6) is 5.88 Å². The molecule has 0 bridgehead atoms. The van der Waals surface area contributed by atoms with E-state index in [-0.39, 0.29) is 11.7 Å². The fourth-order valence-corrected chi connectivity index (χ4v) is 1.56. The Hall–Kier alpha value is -1.34. The molecule has 0 aliphatic carbocycles. The van der Waals surface area contributed by atoms with E-state index in [2.05, 4.69) is 9.97 Å². The molecule has 82 valence electrons. The minimum Gasteiger partial charge on any atom is -0.481 e. The molecule has 1 heterocycles. The second kappa shape index (κ2) is 5.52. The van der Waals surface area contributed by atoms with Crippen molar-refractivity contribution in [1.29, 1.82) is 0 Å². The first-order chi connectivity index (χ1) is 7.15. The number of methoxy groups -OCH3 is 1. The Morgan fingerprint density at radius 3 is 3.00 bits per heavy atom. The summed E-state index contributed by atoms with van der Waals surface area (Å²) >= 11 is 1.20. The van der Waals surface area contributed by atoms with Gasteiger partial charge in [0.2, 0.25) is 11.8 Å². The van der Waals surface area contributed by atoms with E-state index >= 15 is 0 Å². The fraction of sp³-hybridized carbons (Fsp3) is 0.375. The van der Waals surface area contributed by atoms with Crippen LogP contribution in [0.3, 0.4) is 0 Å². The molecule has 0 radical (unpaired) electrons. The van der Waals surface area contributed by atoms with Crippen molar-refractivity contribution in [3.63, 3.8) is 0 Å². The van der Waals surface area contributed by atoms with Crippen molar-refractivity contribution < 1.29 is 9.53 Å².